The third-order valence-corrected chi connectivity index (χ3v) is 3.80. The smallest absolute Gasteiger partial charge is 0.0840 e. The molecule has 0 aromatic heterocycles. The van der Waals surface area contributed by atoms with E-state index in [0.717, 1.165) is 31.7 Å². The average Bonchev–Trinajstić information content (AvgIpc) is 2.38. The van der Waals surface area contributed by atoms with Gasteiger partial charge in [0.25, 0.3) is 0 Å². The fraction of sp³-hybridized carbons (Fsp3) is 0.600. The Bertz CT molecular complexity index is 374. The summed E-state index contributed by atoms with van der Waals surface area (Å²) in [6.07, 6.45) is 0. The summed E-state index contributed by atoms with van der Waals surface area (Å²) >= 11 is 0. The topological polar surface area (TPSA) is 35.5 Å². The van der Waals surface area contributed by atoms with Crippen LogP contribution in [0.25, 0.3) is 0 Å². The van der Waals surface area contributed by atoms with Crippen LogP contribution in [0.3, 0.4) is 0 Å². The summed E-state index contributed by atoms with van der Waals surface area (Å²) in [4.78, 5) is 2.50. The van der Waals surface area contributed by atoms with Crippen molar-refractivity contribution in [2.24, 2.45) is 0 Å². The Hall–Kier alpha value is -0.900. The highest BCUT2D eigenvalue weighted by Gasteiger charge is 2.19. The summed E-state index contributed by atoms with van der Waals surface area (Å²) in [5.41, 5.74) is 1.54. The third-order valence-electron chi connectivity index (χ3n) is 3.80. The Morgan fingerprint density at radius 1 is 1.17 bits per heavy atom. The first-order valence-corrected chi connectivity index (χ1v) is 6.76. The van der Waals surface area contributed by atoms with Gasteiger partial charge in [-0.1, -0.05) is 24.3 Å². The number of benzene rings is 1. The molecule has 1 heterocycles. The number of hydrogen-bond acceptors (Lipinski definition) is 3. The number of piperazine rings is 1. The zero-order valence-electron chi connectivity index (χ0n) is 11.6. The maximum atomic E-state index is 9.95. The minimum absolute atomic E-state index is 0.447. The lowest BCUT2D eigenvalue weighted by atomic mass is 9.95. The molecule has 18 heavy (non-hydrogen) atoms. The van der Waals surface area contributed by atoms with Gasteiger partial charge in [0.05, 0.1) is 5.60 Å². The highest BCUT2D eigenvalue weighted by atomic mass is 16.3. The van der Waals surface area contributed by atoms with Crippen molar-refractivity contribution in [3.05, 3.63) is 35.4 Å². The predicted molar refractivity (Wildman–Crippen MR) is 74.5 cm³/mol. The van der Waals surface area contributed by atoms with E-state index in [1.807, 2.05) is 26.0 Å². The molecule has 2 N–H and O–H groups in total. The van der Waals surface area contributed by atoms with Gasteiger partial charge in [0.2, 0.25) is 0 Å². The fourth-order valence-corrected chi connectivity index (χ4v) is 2.45. The van der Waals surface area contributed by atoms with Crippen LogP contribution in [-0.4, -0.2) is 36.2 Å². The first-order chi connectivity index (χ1) is 8.48. The van der Waals surface area contributed by atoms with Crippen molar-refractivity contribution in [2.45, 2.75) is 32.4 Å². The Labute approximate surface area is 110 Å². The maximum absolute atomic E-state index is 9.95. The quantitative estimate of drug-likeness (QED) is 0.857. The second-order valence-corrected chi connectivity index (χ2v) is 5.64. The van der Waals surface area contributed by atoms with E-state index in [2.05, 4.69) is 29.3 Å². The first kappa shape index (κ1) is 13.5. The molecule has 0 amide bonds. The van der Waals surface area contributed by atoms with Crippen molar-refractivity contribution in [3.63, 3.8) is 0 Å². The van der Waals surface area contributed by atoms with E-state index in [1.165, 1.54) is 5.56 Å². The fourth-order valence-electron chi connectivity index (χ4n) is 2.45. The van der Waals surface area contributed by atoms with E-state index in [0.29, 0.717) is 6.04 Å². The van der Waals surface area contributed by atoms with E-state index in [1.54, 1.807) is 0 Å². The summed E-state index contributed by atoms with van der Waals surface area (Å²) < 4.78 is 0. The van der Waals surface area contributed by atoms with E-state index in [4.69, 9.17) is 0 Å². The van der Waals surface area contributed by atoms with Crippen LogP contribution >= 0.6 is 0 Å². The van der Waals surface area contributed by atoms with E-state index in [-0.39, 0.29) is 0 Å². The molecule has 1 atom stereocenters. The molecule has 0 saturated carbocycles. The van der Waals surface area contributed by atoms with Gasteiger partial charge < -0.3 is 10.4 Å². The Morgan fingerprint density at radius 3 is 2.22 bits per heavy atom. The number of rotatable bonds is 3. The largest absolute Gasteiger partial charge is 0.386 e. The van der Waals surface area contributed by atoms with Gasteiger partial charge in [-0.05, 0) is 31.9 Å². The molecule has 1 aliphatic heterocycles. The van der Waals surface area contributed by atoms with Crippen LogP contribution < -0.4 is 5.32 Å². The van der Waals surface area contributed by atoms with Gasteiger partial charge in [-0.3, -0.25) is 4.90 Å². The molecule has 0 spiro atoms. The van der Waals surface area contributed by atoms with Gasteiger partial charge in [-0.2, -0.15) is 0 Å². The van der Waals surface area contributed by atoms with Crippen LogP contribution in [0.15, 0.2) is 24.3 Å². The maximum Gasteiger partial charge on any atom is 0.0840 e. The zero-order chi connectivity index (χ0) is 13.2. The Balaban J connectivity index is 2.09. The van der Waals surface area contributed by atoms with Gasteiger partial charge in [-0.15, -0.1) is 0 Å². The molecule has 100 valence electrons. The van der Waals surface area contributed by atoms with Gasteiger partial charge in [0, 0.05) is 32.2 Å². The lowest BCUT2D eigenvalue weighted by Gasteiger charge is -2.33. The van der Waals surface area contributed by atoms with Crippen molar-refractivity contribution < 1.29 is 5.11 Å². The second-order valence-electron chi connectivity index (χ2n) is 5.64. The molecule has 1 unspecified atom stereocenters. The number of nitrogens with zero attached hydrogens (tertiary/aromatic N) is 1. The van der Waals surface area contributed by atoms with Gasteiger partial charge in [-0.25, -0.2) is 0 Å². The molecule has 0 bridgehead atoms. The molecule has 1 aromatic carbocycles. The summed E-state index contributed by atoms with van der Waals surface area (Å²) in [5, 5.41) is 13.3. The van der Waals surface area contributed by atoms with E-state index >= 15 is 0 Å². The lowest BCUT2D eigenvalue weighted by Crippen LogP contribution is -2.44. The van der Waals surface area contributed by atoms with E-state index in [9.17, 15) is 5.11 Å². The molecule has 1 aliphatic rings. The van der Waals surface area contributed by atoms with Crippen LogP contribution in [-0.2, 0) is 5.60 Å². The van der Waals surface area contributed by atoms with Crippen LogP contribution in [0.2, 0.25) is 0 Å². The minimum Gasteiger partial charge on any atom is -0.386 e. The van der Waals surface area contributed by atoms with Crippen LogP contribution in [0.5, 0.6) is 0 Å². The van der Waals surface area contributed by atoms with Crippen LogP contribution in [0.1, 0.15) is 37.9 Å². The SMILES string of the molecule is CC(c1ccc(C(C)(C)O)cc1)N1CCNCC1. The molecule has 0 radical (unpaired) electrons. The molecule has 0 aliphatic carbocycles. The summed E-state index contributed by atoms with van der Waals surface area (Å²) in [6, 6.07) is 8.80. The van der Waals surface area contributed by atoms with Crippen molar-refractivity contribution in [3.8, 4) is 0 Å². The highest BCUT2D eigenvalue weighted by molar-refractivity contribution is 5.28. The van der Waals surface area contributed by atoms with Gasteiger partial charge in [0.1, 0.15) is 0 Å². The molecule has 2 rings (SSSR count). The molecule has 1 aromatic rings. The average molecular weight is 248 g/mol. The van der Waals surface area contributed by atoms with Crippen molar-refractivity contribution >= 4 is 0 Å². The normalized spacial score (nSPS) is 19.8. The van der Waals surface area contributed by atoms with Crippen molar-refractivity contribution in [2.75, 3.05) is 26.2 Å². The molecule has 1 fully saturated rings. The van der Waals surface area contributed by atoms with Crippen molar-refractivity contribution in [1.29, 1.82) is 0 Å². The molecule has 3 nitrogen and oxygen atoms in total. The summed E-state index contributed by atoms with van der Waals surface area (Å²) in [5.74, 6) is 0. The van der Waals surface area contributed by atoms with Gasteiger partial charge >= 0.3 is 0 Å². The number of hydrogen-bond donors (Lipinski definition) is 2. The van der Waals surface area contributed by atoms with Crippen LogP contribution in [0.4, 0.5) is 0 Å². The second kappa shape index (κ2) is 5.39. The monoisotopic (exact) mass is 248 g/mol. The molecule has 3 heteroatoms. The van der Waals surface area contributed by atoms with Crippen molar-refractivity contribution in [1.82, 2.24) is 10.2 Å². The van der Waals surface area contributed by atoms with Crippen LogP contribution in [0, 0.1) is 0 Å². The standard InChI is InChI=1S/C15H24N2O/c1-12(17-10-8-16-9-11-17)13-4-6-14(7-5-13)15(2,3)18/h4-7,12,16,18H,8-11H2,1-3H3. The highest BCUT2D eigenvalue weighted by Crippen LogP contribution is 2.24. The summed E-state index contributed by atoms with van der Waals surface area (Å²) in [6.45, 7) is 10.3. The Morgan fingerprint density at radius 2 is 1.72 bits per heavy atom. The molecule has 1 saturated heterocycles. The Kier molecular flexibility index (Phi) is 4.05. The zero-order valence-corrected chi connectivity index (χ0v) is 11.6. The predicted octanol–water partition coefficient (Wildman–Crippen LogP) is 1.88. The minimum atomic E-state index is -0.753. The molecular weight excluding hydrogens is 224 g/mol. The first-order valence-electron chi connectivity index (χ1n) is 6.76. The third kappa shape index (κ3) is 3.10. The number of aliphatic hydroxyl groups is 1. The van der Waals surface area contributed by atoms with Gasteiger partial charge in [0.15, 0.2) is 0 Å². The molecular formula is C15H24N2O. The van der Waals surface area contributed by atoms with E-state index < -0.39 is 5.60 Å². The summed E-state index contributed by atoms with van der Waals surface area (Å²) in [7, 11) is 0. The number of nitrogens with one attached hydrogen (secondary N) is 1. The lowest BCUT2D eigenvalue weighted by molar-refractivity contribution is 0.0785.